The zero-order valence-electron chi connectivity index (χ0n) is 8.31. The molecule has 0 spiro atoms. The van der Waals surface area contributed by atoms with Crippen molar-refractivity contribution in [3.05, 3.63) is 12.4 Å². The fourth-order valence-electron chi connectivity index (χ4n) is 0.908. The molecule has 0 saturated heterocycles. The van der Waals surface area contributed by atoms with Crippen LogP contribution in [-0.4, -0.2) is 35.2 Å². The van der Waals surface area contributed by atoms with Crippen molar-refractivity contribution in [1.82, 2.24) is 9.78 Å². The van der Waals surface area contributed by atoms with Crippen LogP contribution in [0, 0.1) is 0 Å². The highest BCUT2D eigenvalue weighted by atomic mass is 19.3. The number of hydrogen-bond acceptors (Lipinski definition) is 4. The Labute approximate surface area is 89.2 Å². The lowest BCUT2D eigenvalue weighted by atomic mass is 10.5. The number of methoxy groups -OCH3 is 1. The van der Waals surface area contributed by atoms with Crippen molar-refractivity contribution in [1.29, 1.82) is 0 Å². The first-order valence-electron chi connectivity index (χ1n) is 4.21. The van der Waals surface area contributed by atoms with Gasteiger partial charge in [-0.1, -0.05) is 0 Å². The molecule has 0 atom stereocenters. The minimum absolute atomic E-state index is 0.0919. The number of rotatable bonds is 4. The number of hydrogen-bond donors (Lipinski definition) is 1. The number of carbonyl (C=O) groups excluding carboxylic acids is 2. The van der Waals surface area contributed by atoms with Gasteiger partial charge < -0.3 is 10.1 Å². The summed E-state index contributed by atoms with van der Waals surface area (Å²) in [7, 11) is 1.21. The number of amides is 1. The Balaban J connectivity index is 2.58. The smallest absolute Gasteiger partial charge is 0.327 e. The average Bonchev–Trinajstić information content (AvgIpc) is 2.65. The minimum Gasteiger partial charge on any atom is -0.468 e. The van der Waals surface area contributed by atoms with Crippen molar-refractivity contribution in [3.63, 3.8) is 0 Å². The second-order valence-electron chi connectivity index (χ2n) is 2.79. The number of halogens is 2. The molecule has 6 nitrogen and oxygen atoms in total. The Kier molecular flexibility index (Phi) is 3.92. The van der Waals surface area contributed by atoms with Gasteiger partial charge in [0.25, 0.3) is 5.91 Å². The third-order valence-corrected chi connectivity index (χ3v) is 1.62. The summed E-state index contributed by atoms with van der Waals surface area (Å²) in [4.78, 5) is 21.4. The van der Waals surface area contributed by atoms with Crippen LogP contribution in [-0.2, 0) is 20.9 Å². The Morgan fingerprint density at radius 3 is 2.88 bits per heavy atom. The Hall–Kier alpha value is -1.99. The van der Waals surface area contributed by atoms with E-state index in [2.05, 4.69) is 9.84 Å². The Bertz CT molecular complexity index is 392. The van der Waals surface area contributed by atoms with Crippen LogP contribution in [0.15, 0.2) is 12.4 Å². The van der Waals surface area contributed by atoms with Gasteiger partial charge in [-0.25, -0.2) is 0 Å². The average molecular weight is 233 g/mol. The van der Waals surface area contributed by atoms with Gasteiger partial charge in [0.15, 0.2) is 0 Å². The number of alkyl halides is 2. The first-order valence-corrected chi connectivity index (χ1v) is 4.21. The maximum absolute atomic E-state index is 11.9. The topological polar surface area (TPSA) is 73.2 Å². The molecule has 0 saturated carbocycles. The van der Waals surface area contributed by atoms with E-state index < -0.39 is 18.3 Å². The number of aromatic nitrogens is 2. The summed E-state index contributed by atoms with van der Waals surface area (Å²) in [6.45, 7) is -0.152. The summed E-state index contributed by atoms with van der Waals surface area (Å²) in [6, 6.07) is 0. The summed E-state index contributed by atoms with van der Waals surface area (Å²) in [6.07, 6.45) is -0.690. The summed E-state index contributed by atoms with van der Waals surface area (Å²) < 4.78 is 29.3. The molecule has 0 fully saturated rings. The molecule has 1 aromatic rings. The number of esters is 1. The molecule has 1 heterocycles. The molecule has 0 aliphatic carbocycles. The van der Waals surface area contributed by atoms with Crippen LogP contribution < -0.4 is 5.32 Å². The van der Waals surface area contributed by atoms with E-state index in [9.17, 15) is 18.4 Å². The van der Waals surface area contributed by atoms with E-state index in [1.807, 2.05) is 5.32 Å². The van der Waals surface area contributed by atoms with Gasteiger partial charge in [-0.2, -0.15) is 13.9 Å². The first kappa shape index (κ1) is 12.1. The molecule has 0 aromatic carbocycles. The molecular weight excluding hydrogens is 224 g/mol. The van der Waals surface area contributed by atoms with Crippen molar-refractivity contribution in [2.24, 2.45) is 0 Å². The van der Waals surface area contributed by atoms with Crippen molar-refractivity contribution in [3.8, 4) is 0 Å². The van der Waals surface area contributed by atoms with Gasteiger partial charge in [-0.05, 0) is 0 Å². The quantitative estimate of drug-likeness (QED) is 0.757. The molecule has 16 heavy (non-hydrogen) atoms. The summed E-state index contributed by atoms with van der Waals surface area (Å²) >= 11 is 0. The zero-order valence-corrected chi connectivity index (χ0v) is 8.31. The standard InChI is InChI=1S/C8H9F2N3O3/c1-16-6(14)4-13-3-5(2-11-13)12-8(15)7(9)10/h2-3,7H,4H2,1H3,(H,12,15). The number of anilines is 1. The highest BCUT2D eigenvalue weighted by Gasteiger charge is 2.15. The van der Waals surface area contributed by atoms with E-state index in [-0.39, 0.29) is 12.2 Å². The summed E-state index contributed by atoms with van der Waals surface area (Å²) in [5, 5.41) is 5.60. The summed E-state index contributed by atoms with van der Waals surface area (Å²) in [5.74, 6) is -1.95. The van der Waals surface area contributed by atoms with Crippen molar-refractivity contribution >= 4 is 17.6 Å². The van der Waals surface area contributed by atoms with Crippen molar-refractivity contribution in [2.75, 3.05) is 12.4 Å². The molecular formula is C8H9F2N3O3. The van der Waals surface area contributed by atoms with E-state index in [4.69, 9.17) is 0 Å². The van der Waals surface area contributed by atoms with Crippen molar-refractivity contribution < 1.29 is 23.1 Å². The molecule has 0 bridgehead atoms. The predicted molar refractivity (Wildman–Crippen MR) is 48.9 cm³/mol. The minimum atomic E-state index is -3.09. The molecule has 1 amide bonds. The first-order chi connectivity index (χ1) is 7.52. The van der Waals surface area contributed by atoms with Crippen LogP contribution in [0.5, 0.6) is 0 Å². The van der Waals surface area contributed by atoms with Crippen LogP contribution in [0.1, 0.15) is 0 Å². The van der Waals surface area contributed by atoms with Crippen LogP contribution >= 0.6 is 0 Å². The van der Waals surface area contributed by atoms with E-state index in [1.165, 1.54) is 13.3 Å². The number of nitrogens with one attached hydrogen (secondary N) is 1. The summed E-state index contributed by atoms with van der Waals surface area (Å²) in [5.41, 5.74) is 0.0919. The normalized spacial score (nSPS) is 10.2. The molecule has 1 rings (SSSR count). The molecule has 1 aromatic heterocycles. The fraction of sp³-hybridized carbons (Fsp3) is 0.375. The second kappa shape index (κ2) is 5.19. The molecule has 8 heteroatoms. The largest absolute Gasteiger partial charge is 0.468 e. The lowest BCUT2D eigenvalue weighted by Gasteiger charge is -2.00. The molecule has 0 aliphatic rings. The fourth-order valence-corrected chi connectivity index (χ4v) is 0.908. The van der Waals surface area contributed by atoms with Crippen LogP contribution in [0.2, 0.25) is 0 Å². The lowest BCUT2D eigenvalue weighted by Crippen LogP contribution is -2.19. The third-order valence-electron chi connectivity index (χ3n) is 1.62. The molecule has 0 radical (unpaired) electrons. The third kappa shape index (κ3) is 3.30. The predicted octanol–water partition coefficient (Wildman–Crippen LogP) is 0.260. The SMILES string of the molecule is COC(=O)Cn1cc(NC(=O)C(F)F)cn1. The Morgan fingerprint density at radius 1 is 1.62 bits per heavy atom. The van der Waals surface area contributed by atoms with Gasteiger partial charge in [0.1, 0.15) is 6.54 Å². The van der Waals surface area contributed by atoms with Crippen LogP contribution in [0.3, 0.4) is 0 Å². The molecule has 0 unspecified atom stereocenters. The molecule has 88 valence electrons. The maximum Gasteiger partial charge on any atom is 0.327 e. The number of ether oxygens (including phenoxy) is 1. The van der Waals surface area contributed by atoms with Crippen LogP contribution in [0.25, 0.3) is 0 Å². The highest BCUT2D eigenvalue weighted by Crippen LogP contribution is 2.06. The van der Waals surface area contributed by atoms with E-state index in [0.717, 1.165) is 10.9 Å². The zero-order chi connectivity index (χ0) is 12.1. The van der Waals surface area contributed by atoms with Crippen molar-refractivity contribution in [2.45, 2.75) is 13.0 Å². The van der Waals surface area contributed by atoms with Gasteiger partial charge in [-0.15, -0.1) is 0 Å². The molecule has 0 aliphatic heterocycles. The molecule has 1 N–H and O–H groups in total. The number of carbonyl (C=O) groups is 2. The highest BCUT2D eigenvalue weighted by molar-refractivity contribution is 5.92. The van der Waals surface area contributed by atoms with Crippen LogP contribution in [0.4, 0.5) is 14.5 Å². The van der Waals surface area contributed by atoms with Gasteiger partial charge >= 0.3 is 12.4 Å². The van der Waals surface area contributed by atoms with E-state index in [1.54, 1.807) is 0 Å². The maximum atomic E-state index is 11.9. The van der Waals surface area contributed by atoms with Gasteiger partial charge in [0.05, 0.1) is 19.0 Å². The van der Waals surface area contributed by atoms with Gasteiger partial charge in [0, 0.05) is 6.20 Å². The van der Waals surface area contributed by atoms with E-state index >= 15 is 0 Å². The Morgan fingerprint density at radius 2 is 2.31 bits per heavy atom. The van der Waals surface area contributed by atoms with E-state index in [0.29, 0.717) is 0 Å². The lowest BCUT2D eigenvalue weighted by molar-refractivity contribution is -0.141. The second-order valence-corrected chi connectivity index (χ2v) is 2.79. The number of nitrogens with zero attached hydrogens (tertiary/aromatic N) is 2. The monoisotopic (exact) mass is 233 g/mol. The van der Waals surface area contributed by atoms with Gasteiger partial charge in [-0.3, -0.25) is 14.3 Å². The van der Waals surface area contributed by atoms with Gasteiger partial charge in [0.2, 0.25) is 0 Å².